The first kappa shape index (κ1) is 14.6. The van der Waals surface area contributed by atoms with Crippen molar-refractivity contribution in [1.82, 2.24) is 20.0 Å². The molecule has 1 saturated heterocycles. The molecule has 4 nitrogen and oxygen atoms in total. The molecule has 1 aliphatic rings. The number of piperazine rings is 1. The summed E-state index contributed by atoms with van der Waals surface area (Å²) in [5, 5.41) is 8.85. The van der Waals surface area contributed by atoms with Crippen LogP contribution in [0.3, 0.4) is 0 Å². The standard InChI is InChI=1S/C16H21ClN4/c1-12-9-20(8-7-18-12)10-14-11-21(19-13(14)2)16-5-3-15(17)4-6-16/h3-6,11-12,18H,7-10H2,1-2H3/t12-/m0/s1. The molecule has 5 heteroatoms. The van der Waals surface area contributed by atoms with Gasteiger partial charge in [-0.3, -0.25) is 4.90 Å². The fraction of sp³-hybridized carbons (Fsp3) is 0.438. The lowest BCUT2D eigenvalue weighted by Gasteiger charge is -2.31. The number of benzene rings is 1. The van der Waals surface area contributed by atoms with Crippen LogP contribution in [0.1, 0.15) is 18.2 Å². The summed E-state index contributed by atoms with van der Waals surface area (Å²) >= 11 is 5.94. The second-order valence-electron chi connectivity index (χ2n) is 5.75. The lowest BCUT2D eigenvalue weighted by Crippen LogP contribution is -2.48. The molecule has 0 bridgehead atoms. The molecular weight excluding hydrogens is 284 g/mol. The molecule has 1 N–H and O–H groups in total. The number of hydrogen-bond acceptors (Lipinski definition) is 3. The molecule has 0 saturated carbocycles. The minimum Gasteiger partial charge on any atom is -0.312 e. The minimum absolute atomic E-state index is 0.561. The number of hydrogen-bond donors (Lipinski definition) is 1. The van der Waals surface area contributed by atoms with Crippen LogP contribution in [0.4, 0.5) is 0 Å². The van der Waals surface area contributed by atoms with Gasteiger partial charge in [-0.2, -0.15) is 5.10 Å². The monoisotopic (exact) mass is 304 g/mol. The molecule has 1 atom stereocenters. The zero-order valence-corrected chi connectivity index (χ0v) is 13.3. The van der Waals surface area contributed by atoms with Crippen molar-refractivity contribution in [3.63, 3.8) is 0 Å². The van der Waals surface area contributed by atoms with Gasteiger partial charge in [0.15, 0.2) is 0 Å². The van der Waals surface area contributed by atoms with E-state index >= 15 is 0 Å². The lowest BCUT2D eigenvalue weighted by atomic mass is 10.2. The van der Waals surface area contributed by atoms with Crippen molar-refractivity contribution < 1.29 is 0 Å². The summed E-state index contributed by atoms with van der Waals surface area (Å²) in [4.78, 5) is 2.48. The van der Waals surface area contributed by atoms with Gasteiger partial charge in [0.1, 0.15) is 0 Å². The fourth-order valence-corrected chi connectivity index (χ4v) is 2.90. The van der Waals surface area contributed by atoms with E-state index in [9.17, 15) is 0 Å². The van der Waals surface area contributed by atoms with E-state index in [4.69, 9.17) is 11.6 Å². The highest BCUT2D eigenvalue weighted by atomic mass is 35.5. The van der Waals surface area contributed by atoms with Crippen molar-refractivity contribution in [2.75, 3.05) is 19.6 Å². The Bertz CT molecular complexity index is 605. The molecular formula is C16H21ClN4. The fourth-order valence-electron chi connectivity index (χ4n) is 2.77. The molecule has 0 radical (unpaired) electrons. The van der Waals surface area contributed by atoms with Gasteiger partial charge in [0.05, 0.1) is 11.4 Å². The first-order valence-electron chi connectivity index (χ1n) is 7.38. The highest BCUT2D eigenvalue weighted by Gasteiger charge is 2.17. The SMILES string of the molecule is Cc1nn(-c2ccc(Cl)cc2)cc1CN1CCN[C@@H](C)C1. The van der Waals surface area contributed by atoms with Crippen LogP contribution in [0.15, 0.2) is 30.5 Å². The molecule has 0 unspecified atom stereocenters. The molecule has 3 rings (SSSR count). The number of aromatic nitrogens is 2. The first-order chi connectivity index (χ1) is 10.1. The molecule has 0 spiro atoms. The van der Waals surface area contributed by atoms with Gasteiger partial charge in [-0.15, -0.1) is 0 Å². The Morgan fingerprint density at radius 1 is 1.33 bits per heavy atom. The normalized spacial score (nSPS) is 19.9. The van der Waals surface area contributed by atoms with Crippen molar-refractivity contribution in [1.29, 1.82) is 0 Å². The Labute approximate surface area is 130 Å². The summed E-state index contributed by atoms with van der Waals surface area (Å²) in [6, 6.07) is 8.33. The molecule has 21 heavy (non-hydrogen) atoms. The Hall–Kier alpha value is -1.36. The zero-order chi connectivity index (χ0) is 14.8. The number of halogens is 1. The third kappa shape index (κ3) is 3.46. The molecule has 112 valence electrons. The summed E-state index contributed by atoms with van der Waals surface area (Å²) < 4.78 is 1.94. The Morgan fingerprint density at radius 3 is 2.81 bits per heavy atom. The molecule has 2 heterocycles. The van der Waals surface area contributed by atoms with Crippen LogP contribution in [-0.4, -0.2) is 40.4 Å². The Morgan fingerprint density at radius 2 is 2.10 bits per heavy atom. The van der Waals surface area contributed by atoms with Crippen LogP contribution in [0.2, 0.25) is 5.02 Å². The summed E-state index contributed by atoms with van der Waals surface area (Å²) in [6.07, 6.45) is 2.13. The topological polar surface area (TPSA) is 33.1 Å². The van der Waals surface area contributed by atoms with Crippen LogP contribution in [0.5, 0.6) is 0 Å². The largest absolute Gasteiger partial charge is 0.312 e. The first-order valence-corrected chi connectivity index (χ1v) is 7.76. The molecule has 0 aliphatic carbocycles. The van der Waals surface area contributed by atoms with Crippen LogP contribution >= 0.6 is 11.6 Å². The highest BCUT2D eigenvalue weighted by Crippen LogP contribution is 2.17. The van der Waals surface area contributed by atoms with Gasteiger partial charge in [-0.1, -0.05) is 11.6 Å². The highest BCUT2D eigenvalue weighted by molar-refractivity contribution is 6.30. The van der Waals surface area contributed by atoms with E-state index in [0.29, 0.717) is 6.04 Å². The summed E-state index contributed by atoms with van der Waals surface area (Å²) in [7, 11) is 0. The van der Waals surface area contributed by atoms with Crippen LogP contribution < -0.4 is 5.32 Å². The van der Waals surface area contributed by atoms with Crippen LogP contribution in [0, 0.1) is 6.92 Å². The molecule has 1 aromatic carbocycles. The molecule has 0 amide bonds. The predicted octanol–water partition coefficient (Wildman–Crippen LogP) is 2.63. The second-order valence-corrected chi connectivity index (χ2v) is 6.19. The second kappa shape index (κ2) is 6.18. The van der Waals surface area contributed by atoms with E-state index < -0.39 is 0 Å². The van der Waals surface area contributed by atoms with E-state index in [0.717, 1.165) is 42.6 Å². The van der Waals surface area contributed by atoms with Gasteiger partial charge in [0, 0.05) is 49.0 Å². The van der Waals surface area contributed by atoms with Gasteiger partial charge in [0.25, 0.3) is 0 Å². The quantitative estimate of drug-likeness (QED) is 0.946. The smallest absolute Gasteiger partial charge is 0.0646 e. The van der Waals surface area contributed by atoms with E-state index in [-0.39, 0.29) is 0 Å². The average molecular weight is 305 g/mol. The maximum atomic E-state index is 5.94. The third-order valence-corrected chi connectivity index (χ3v) is 4.19. The molecule has 1 aromatic heterocycles. The lowest BCUT2D eigenvalue weighted by molar-refractivity contribution is 0.199. The zero-order valence-electron chi connectivity index (χ0n) is 12.5. The van der Waals surface area contributed by atoms with Gasteiger partial charge < -0.3 is 5.32 Å². The summed E-state index contributed by atoms with van der Waals surface area (Å²) in [6.45, 7) is 8.52. The van der Waals surface area contributed by atoms with Crippen molar-refractivity contribution in [2.24, 2.45) is 0 Å². The number of aryl methyl sites for hydroxylation is 1. The number of nitrogens with one attached hydrogen (secondary N) is 1. The van der Waals surface area contributed by atoms with Gasteiger partial charge in [-0.05, 0) is 38.1 Å². The molecule has 1 fully saturated rings. The van der Waals surface area contributed by atoms with Crippen LogP contribution in [0.25, 0.3) is 5.69 Å². The summed E-state index contributed by atoms with van der Waals surface area (Å²) in [5.74, 6) is 0. The molecule has 1 aliphatic heterocycles. The van der Waals surface area contributed by atoms with Crippen LogP contribution in [-0.2, 0) is 6.54 Å². The van der Waals surface area contributed by atoms with Crippen molar-refractivity contribution >= 4 is 11.6 Å². The van der Waals surface area contributed by atoms with E-state index in [1.807, 2.05) is 28.9 Å². The maximum absolute atomic E-state index is 5.94. The van der Waals surface area contributed by atoms with Crippen molar-refractivity contribution in [3.05, 3.63) is 46.7 Å². The molecule has 2 aromatic rings. The van der Waals surface area contributed by atoms with Crippen molar-refractivity contribution in [3.8, 4) is 5.69 Å². The van der Waals surface area contributed by atoms with E-state index in [1.54, 1.807) is 0 Å². The Kier molecular flexibility index (Phi) is 4.29. The van der Waals surface area contributed by atoms with E-state index in [2.05, 4.69) is 35.4 Å². The summed E-state index contributed by atoms with van der Waals surface area (Å²) in [5.41, 5.74) is 3.43. The van der Waals surface area contributed by atoms with E-state index in [1.165, 1.54) is 5.56 Å². The van der Waals surface area contributed by atoms with Crippen molar-refractivity contribution in [2.45, 2.75) is 26.4 Å². The van der Waals surface area contributed by atoms with Gasteiger partial charge in [-0.25, -0.2) is 4.68 Å². The van der Waals surface area contributed by atoms with Gasteiger partial charge >= 0.3 is 0 Å². The average Bonchev–Trinajstić information content (AvgIpc) is 2.81. The third-order valence-electron chi connectivity index (χ3n) is 3.94. The Balaban J connectivity index is 1.76. The maximum Gasteiger partial charge on any atom is 0.0646 e. The minimum atomic E-state index is 0.561. The number of nitrogens with zero attached hydrogens (tertiary/aromatic N) is 3. The van der Waals surface area contributed by atoms with Gasteiger partial charge in [0.2, 0.25) is 0 Å². The predicted molar refractivity (Wildman–Crippen MR) is 86.1 cm³/mol. The number of rotatable bonds is 3.